The summed E-state index contributed by atoms with van der Waals surface area (Å²) >= 11 is 0. The third kappa shape index (κ3) is 5.18. The molecule has 0 aromatic rings. The first kappa shape index (κ1) is 14.2. The summed E-state index contributed by atoms with van der Waals surface area (Å²) in [5, 5.41) is 11.0. The van der Waals surface area contributed by atoms with E-state index < -0.39 is 23.9 Å². The minimum absolute atomic E-state index is 0.0309. The van der Waals surface area contributed by atoms with Crippen molar-refractivity contribution < 1.29 is 24.2 Å². The lowest BCUT2D eigenvalue weighted by atomic mass is 10.2. The van der Waals surface area contributed by atoms with Gasteiger partial charge in [0.05, 0.1) is 13.0 Å². The summed E-state index contributed by atoms with van der Waals surface area (Å²) in [6, 6.07) is 0. The van der Waals surface area contributed by atoms with Gasteiger partial charge in [-0.05, 0) is 0 Å². The minimum Gasteiger partial charge on any atom is -0.481 e. The van der Waals surface area contributed by atoms with Gasteiger partial charge in [0.1, 0.15) is 6.54 Å². The van der Waals surface area contributed by atoms with Crippen LogP contribution in [0.2, 0.25) is 0 Å². The van der Waals surface area contributed by atoms with Crippen LogP contribution in [-0.4, -0.2) is 55.2 Å². The van der Waals surface area contributed by atoms with E-state index in [-0.39, 0.29) is 13.1 Å². The number of carbonyl (C=O) groups excluding carboxylic acids is 2. The number of likely N-dealkylation sites (N-methyl/N-ethyl adjacent to an activating group) is 1. The van der Waals surface area contributed by atoms with Crippen molar-refractivity contribution in [2.75, 3.05) is 27.2 Å². The van der Waals surface area contributed by atoms with Crippen molar-refractivity contribution >= 4 is 18.0 Å². The topological polar surface area (TPSA) is 95.9 Å². The minimum atomic E-state index is -0.985. The van der Waals surface area contributed by atoms with Crippen molar-refractivity contribution in [3.63, 3.8) is 0 Å². The molecule has 0 heterocycles. The molecule has 0 aliphatic carbocycles. The molecule has 0 saturated carbocycles. The van der Waals surface area contributed by atoms with Crippen LogP contribution in [0.25, 0.3) is 0 Å². The maximum absolute atomic E-state index is 11.2. The molecule has 2 N–H and O–H groups in total. The van der Waals surface area contributed by atoms with Crippen LogP contribution in [0.4, 0.5) is 4.79 Å². The van der Waals surface area contributed by atoms with Crippen LogP contribution in [-0.2, 0) is 14.3 Å². The average Bonchev–Trinajstić information content (AvgIpc) is 2.24. The number of hydrogen-bond acceptors (Lipinski definition) is 4. The molecule has 0 rings (SSSR count). The van der Waals surface area contributed by atoms with Crippen molar-refractivity contribution in [3.8, 4) is 0 Å². The second-order valence-corrected chi connectivity index (χ2v) is 3.37. The Hall–Kier alpha value is -1.79. The van der Waals surface area contributed by atoms with Crippen LogP contribution in [0, 0.1) is 5.92 Å². The molecule has 0 aliphatic heterocycles. The number of nitrogens with one attached hydrogen (secondary N) is 1. The summed E-state index contributed by atoms with van der Waals surface area (Å²) in [6.45, 7) is 1.34. The molecule has 2 amide bonds. The van der Waals surface area contributed by atoms with E-state index in [2.05, 4.69) is 10.1 Å². The van der Waals surface area contributed by atoms with Gasteiger partial charge in [-0.15, -0.1) is 0 Å². The molecule has 0 aromatic heterocycles. The number of carboxylic acids is 1. The van der Waals surface area contributed by atoms with Crippen LogP contribution < -0.4 is 5.32 Å². The number of hydrogen-bond donors (Lipinski definition) is 2. The average molecular weight is 232 g/mol. The third-order valence-corrected chi connectivity index (χ3v) is 1.89. The number of ether oxygens (including phenoxy) is 1. The normalized spacial score (nSPS) is 11.4. The first-order valence-corrected chi connectivity index (χ1v) is 4.67. The Balaban J connectivity index is 3.91. The van der Waals surface area contributed by atoms with Crippen molar-refractivity contribution in [1.29, 1.82) is 0 Å². The maximum Gasteiger partial charge on any atom is 0.409 e. The summed E-state index contributed by atoms with van der Waals surface area (Å²) < 4.78 is 4.39. The Labute approximate surface area is 93.4 Å². The van der Waals surface area contributed by atoms with Crippen molar-refractivity contribution in [2.24, 2.45) is 5.92 Å². The summed E-state index contributed by atoms with van der Waals surface area (Å²) in [5.74, 6) is -2.07. The molecule has 0 fully saturated rings. The van der Waals surface area contributed by atoms with Crippen LogP contribution in [0.5, 0.6) is 0 Å². The highest BCUT2D eigenvalue weighted by atomic mass is 16.5. The standard InChI is InChI=1S/C9H16N2O5/c1-6(8(13)14)4-10-7(12)5-11(2)9(15)16-3/h6H,4-5H2,1-3H3,(H,10,12)(H,13,14). The fourth-order valence-electron chi connectivity index (χ4n) is 0.846. The summed E-state index contributed by atoms with van der Waals surface area (Å²) in [6.07, 6.45) is -0.624. The van der Waals surface area contributed by atoms with Gasteiger partial charge in [0.2, 0.25) is 5.91 Å². The number of rotatable bonds is 5. The van der Waals surface area contributed by atoms with Crippen molar-refractivity contribution in [1.82, 2.24) is 10.2 Å². The number of carboxylic acid groups (broad SMARTS) is 1. The molecule has 0 spiro atoms. The van der Waals surface area contributed by atoms with Gasteiger partial charge in [-0.2, -0.15) is 0 Å². The molecule has 1 atom stereocenters. The zero-order chi connectivity index (χ0) is 12.7. The molecule has 16 heavy (non-hydrogen) atoms. The monoisotopic (exact) mass is 232 g/mol. The molecule has 1 unspecified atom stereocenters. The Kier molecular flexibility index (Phi) is 5.91. The Morgan fingerprint density at radius 3 is 2.44 bits per heavy atom. The predicted molar refractivity (Wildman–Crippen MR) is 54.8 cm³/mol. The lowest BCUT2D eigenvalue weighted by Crippen LogP contribution is -2.40. The van der Waals surface area contributed by atoms with E-state index in [4.69, 9.17) is 5.11 Å². The summed E-state index contributed by atoms with van der Waals surface area (Å²) in [5.41, 5.74) is 0. The van der Waals surface area contributed by atoms with Gasteiger partial charge in [-0.1, -0.05) is 6.92 Å². The zero-order valence-corrected chi connectivity index (χ0v) is 9.52. The second kappa shape index (κ2) is 6.65. The maximum atomic E-state index is 11.2. The molecule has 92 valence electrons. The van der Waals surface area contributed by atoms with Crippen molar-refractivity contribution in [3.05, 3.63) is 0 Å². The lowest BCUT2D eigenvalue weighted by Gasteiger charge is -2.15. The second-order valence-electron chi connectivity index (χ2n) is 3.37. The lowest BCUT2D eigenvalue weighted by molar-refractivity contribution is -0.141. The fourth-order valence-corrected chi connectivity index (χ4v) is 0.846. The molecule has 0 aliphatic rings. The summed E-state index contributed by atoms with van der Waals surface area (Å²) in [7, 11) is 2.62. The molecular formula is C9H16N2O5. The van der Waals surface area contributed by atoms with Gasteiger partial charge in [0.15, 0.2) is 0 Å². The Morgan fingerprint density at radius 1 is 1.44 bits per heavy atom. The van der Waals surface area contributed by atoms with E-state index in [1.165, 1.54) is 21.1 Å². The number of amides is 2. The molecule has 7 nitrogen and oxygen atoms in total. The van der Waals surface area contributed by atoms with Gasteiger partial charge in [-0.3, -0.25) is 9.59 Å². The van der Waals surface area contributed by atoms with E-state index in [1.807, 2.05) is 0 Å². The summed E-state index contributed by atoms with van der Waals surface area (Å²) in [4.78, 5) is 33.7. The quantitative estimate of drug-likeness (QED) is 0.667. The van der Waals surface area contributed by atoms with E-state index in [0.29, 0.717) is 0 Å². The zero-order valence-electron chi connectivity index (χ0n) is 9.52. The molecule has 0 bridgehead atoms. The highest BCUT2D eigenvalue weighted by Gasteiger charge is 2.15. The Bertz CT molecular complexity index is 279. The van der Waals surface area contributed by atoms with Gasteiger partial charge >= 0.3 is 12.1 Å². The van der Waals surface area contributed by atoms with E-state index in [0.717, 1.165) is 4.90 Å². The van der Waals surface area contributed by atoms with Crippen LogP contribution in [0.15, 0.2) is 0 Å². The smallest absolute Gasteiger partial charge is 0.409 e. The molecular weight excluding hydrogens is 216 g/mol. The van der Waals surface area contributed by atoms with Gasteiger partial charge in [0, 0.05) is 13.6 Å². The van der Waals surface area contributed by atoms with Gasteiger partial charge in [-0.25, -0.2) is 4.79 Å². The number of aliphatic carboxylic acids is 1. The SMILES string of the molecule is COC(=O)N(C)CC(=O)NCC(C)C(=O)O. The molecule has 0 saturated heterocycles. The van der Waals surface area contributed by atoms with Crippen molar-refractivity contribution in [2.45, 2.75) is 6.92 Å². The first-order chi connectivity index (χ1) is 7.38. The molecule has 0 aromatic carbocycles. The number of methoxy groups -OCH3 is 1. The first-order valence-electron chi connectivity index (χ1n) is 4.67. The highest BCUT2D eigenvalue weighted by Crippen LogP contribution is 1.92. The van der Waals surface area contributed by atoms with Gasteiger partial charge < -0.3 is 20.1 Å². The van der Waals surface area contributed by atoms with Gasteiger partial charge in [0.25, 0.3) is 0 Å². The molecule has 0 radical (unpaired) electrons. The predicted octanol–water partition coefficient (Wildman–Crippen LogP) is -0.478. The van der Waals surface area contributed by atoms with E-state index in [1.54, 1.807) is 0 Å². The fraction of sp³-hybridized carbons (Fsp3) is 0.667. The highest BCUT2D eigenvalue weighted by molar-refractivity contribution is 5.82. The van der Waals surface area contributed by atoms with Crippen LogP contribution in [0.3, 0.4) is 0 Å². The molecule has 7 heteroatoms. The van der Waals surface area contributed by atoms with Crippen LogP contribution in [0.1, 0.15) is 6.92 Å². The number of nitrogens with zero attached hydrogens (tertiary/aromatic N) is 1. The largest absolute Gasteiger partial charge is 0.481 e. The Morgan fingerprint density at radius 2 is 2.00 bits per heavy atom. The van der Waals surface area contributed by atoms with Crippen LogP contribution >= 0.6 is 0 Å². The van der Waals surface area contributed by atoms with E-state index >= 15 is 0 Å². The third-order valence-electron chi connectivity index (χ3n) is 1.89. The number of carbonyl (C=O) groups is 3. The van der Waals surface area contributed by atoms with E-state index in [9.17, 15) is 14.4 Å².